The lowest BCUT2D eigenvalue weighted by Gasteiger charge is -2.22. The van der Waals surface area contributed by atoms with Gasteiger partial charge in [0.25, 0.3) is 0 Å². The van der Waals surface area contributed by atoms with Crippen LogP contribution in [0.1, 0.15) is 45.7 Å². The third-order valence-corrected chi connectivity index (χ3v) is 5.18. The van der Waals surface area contributed by atoms with E-state index in [1.165, 1.54) is 12.4 Å². The minimum atomic E-state index is -0.526. The summed E-state index contributed by atoms with van der Waals surface area (Å²) in [5.41, 5.74) is 1.37. The maximum absolute atomic E-state index is 12.1. The van der Waals surface area contributed by atoms with Gasteiger partial charge in [-0.1, -0.05) is 12.1 Å². The molecule has 4 rings (SSSR count). The first-order valence-corrected chi connectivity index (χ1v) is 11.1. The number of aromatic nitrogens is 4. The molecule has 0 spiro atoms. The quantitative estimate of drug-likeness (QED) is 0.494. The molecule has 0 radical (unpaired) electrons. The van der Waals surface area contributed by atoms with E-state index in [2.05, 4.69) is 30.8 Å². The molecule has 0 saturated heterocycles. The van der Waals surface area contributed by atoms with Crippen molar-refractivity contribution in [2.24, 2.45) is 0 Å². The summed E-state index contributed by atoms with van der Waals surface area (Å²) >= 11 is 0. The molecule has 34 heavy (non-hydrogen) atoms. The lowest BCUT2D eigenvalue weighted by molar-refractivity contribution is 0.0503. The number of nitrogens with zero attached hydrogens (tertiary/aromatic N) is 4. The maximum Gasteiger partial charge on any atom is 0.407 e. The van der Waals surface area contributed by atoms with Crippen LogP contribution >= 0.6 is 0 Å². The van der Waals surface area contributed by atoms with Gasteiger partial charge in [0, 0.05) is 24.1 Å². The summed E-state index contributed by atoms with van der Waals surface area (Å²) in [7, 11) is 0. The number of hydrogen-bond acceptors (Lipinski definition) is 8. The summed E-state index contributed by atoms with van der Waals surface area (Å²) < 4.78 is 11.7. The second kappa shape index (κ2) is 9.79. The number of alkyl carbamates (subject to hydrolysis) is 1. The van der Waals surface area contributed by atoms with Gasteiger partial charge in [-0.2, -0.15) is 10.4 Å². The van der Waals surface area contributed by atoms with Crippen molar-refractivity contribution in [1.29, 1.82) is 5.26 Å². The molecule has 10 nitrogen and oxygen atoms in total. The summed E-state index contributed by atoms with van der Waals surface area (Å²) in [6.45, 7) is 5.54. The number of nitrogens with one attached hydrogen (secondary N) is 3. The molecule has 1 aliphatic rings. The van der Waals surface area contributed by atoms with E-state index in [0.717, 1.165) is 29.8 Å². The van der Waals surface area contributed by atoms with E-state index in [1.54, 1.807) is 0 Å². The van der Waals surface area contributed by atoms with Crippen LogP contribution in [0.3, 0.4) is 0 Å². The number of ether oxygens (including phenoxy) is 2. The van der Waals surface area contributed by atoms with Crippen LogP contribution in [0.2, 0.25) is 0 Å². The fourth-order valence-corrected chi connectivity index (χ4v) is 3.73. The van der Waals surface area contributed by atoms with Crippen LogP contribution in [0.5, 0.6) is 5.75 Å². The van der Waals surface area contributed by atoms with Gasteiger partial charge in [-0.3, -0.25) is 5.10 Å². The highest BCUT2D eigenvalue weighted by atomic mass is 16.6. The Bertz CT molecular complexity index is 1180. The van der Waals surface area contributed by atoms with Gasteiger partial charge in [0.05, 0.1) is 18.1 Å². The number of carbonyl (C=O) groups is 1. The molecule has 1 saturated carbocycles. The minimum Gasteiger partial charge on any atom is -0.490 e. The SMILES string of the molecule is CC(C)(C)OC(=O)N[C@@H]1CC[C@H](Oc2ccccc2-c2cc(Nc3cnc(C#N)cn3)n[nH]2)C1. The van der Waals surface area contributed by atoms with E-state index in [9.17, 15) is 4.79 Å². The highest BCUT2D eigenvalue weighted by Gasteiger charge is 2.29. The zero-order valence-electron chi connectivity index (χ0n) is 19.3. The molecule has 3 N–H and O–H groups in total. The molecule has 2 atom stereocenters. The second-order valence-electron chi connectivity index (χ2n) is 9.08. The van der Waals surface area contributed by atoms with Gasteiger partial charge in [0.1, 0.15) is 29.3 Å². The van der Waals surface area contributed by atoms with E-state index in [-0.39, 0.29) is 17.8 Å². The smallest absolute Gasteiger partial charge is 0.407 e. The molecule has 2 heterocycles. The highest BCUT2D eigenvalue weighted by molar-refractivity contribution is 5.70. The van der Waals surface area contributed by atoms with E-state index in [4.69, 9.17) is 14.7 Å². The molecule has 3 aromatic rings. The van der Waals surface area contributed by atoms with Gasteiger partial charge in [-0.15, -0.1) is 0 Å². The van der Waals surface area contributed by atoms with Crippen molar-refractivity contribution in [2.75, 3.05) is 5.32 Å². The van der Waals surface area contributed by atoms with Crippen LogP contribution in [-0.2, 0) is 4.74 Å². The summed E-state index contributed by atoms with van der Waals surface area (Å²) in [5, 5.41) is 22.2. The van der Waals surface area contributed by atoms with Crippen LogP contribution < -0.4 is 15.4 Å². The molecule has 1 aliphatic carbocycles. The Morgan fingerprint density at radius 1 is 1.18 bits per heavy atom. The molecule has 1 amide bonds. The van der Waals surface area contributed by atoms with Crippen LogP contribution in [0.15, 0.2) is 42.7 Å². The van der Waals surface area contributed by atoms with Gasteiger partial charge in [-0.05, 0) is 45.7 Å². The standard InChI is InChI=1S/C24H27N7O3/c1-24(2,3)34-23(32)28-15-8-9-17(10-15)33-20-7-5-4-6-18(20)19-11-21(31-30-19)29-22-14-26-16(12-25)13-27-22/h4-7,11,13-15,17H,8-10H2,1-3H3,(H,28,32)(H2,27,29,30,31)/t15-,17+/m1/s1. The van der Waals surface area contributed by atoms with Crippen LogP contribution in [0, 0.1) is 11.3 Å². The van der Waals surface area contributed by atoms with Crippen molar-refractivity contribution in [3.63, 3.8) is 0 Å². The number of carbonyl (C=O) groups excluding carboxylic acids is 1. The number of anilines is 2. The molecular weight excluding hydrogens is 434 g/mol. The van der Waals surface area contributed by atoms with Crippen molar-refractivity contribution in [3.05, 3.63) is 48.4 Å². The van der Waals surface area contributed by atoms with Crippen LogP contribution in [0.4, 0.5) is 16.4 Å². The Labute approximate surface area is 197 Å². The Kier molecular flexibility index (Phi) is 6.63. The van der Waals surface area contributed by atoms with Crippen molar-refractivity contribution in [1.82, 2.24) is 25.5 Å². The fourth-order valence-electron chi connectivity index (χ4n) is 3.73. The lowest BCUT2D eigenvalue weighted by atomic mass is 10.1. The predicted octanol–water partition coefficient (Wildman–Crippen LogP) is 4.31. The Morgan fingerprint density at radius 2 is 2.00 bits per heavy atom. The number of benzene rings is 1. The summed E-state index contributed by atoms with van der Waals surface area (Å²) in [6, 6.07) is 11.5. The normalized spacial score (nSPS) is 17.6. The molecule has 10 heteroatoms. The van der Waals surface area contributed by atoms with Crippen molar-refractivity contribution in [2.45, 2.75) is 57.8 Å². The number of para-hydroxylation sites is 1. The molecule has 1 aromatic carbocycles. The van der Waals surface area contributed by atoms with Crippen molar-refractivity contribution < 1.29 is 14.3 Å². The van der Waals surface area contributed by atoms with Gasteiger partial charge in [0.2, 0.25) is 0 Å². The molecule has 0 bridgehead atoms. The fraction of sp³-hybridized carbons (Fsp3) is 0.375. The number of nitriles is 1. The summed E-state index contributed by atoms with van der Waals surface area (Å²) in [4.78, 5) is 20.2. The van der Waals surface area contributed by atoms with E-state index >= 15 is 0 Å². The number of H-pyrrole nitrogens is 1. The zero-order chi connectivity index (χ0) is 24.1. The van der Waals surface area contributed by atoms with Gasteiger partial charge >= 0.3 is 6.09 Å². The Balaban J connectivity index is 1.39. The number of rotatable bonds is 6. The summed E-state index contributed by atoms with van der Waals surface area (Å²) in [5.74, 6) is 1.78. The summed E-state index contributed by atoms with van der Waals surface area (Å²) in [6.07, 6.45) is 4.83. The van der Waals surface area contributed by atoms with Crippen LogP contribution in [-0.4, -0.2) is 44.0 Å². The number of aromatic amines is 1. The van der Waals surface area contributed by atoms with E-state index in [0.29, 0.717) is 18.1 Å². The van der Waals surface area contributed by atoms with E-state index < -0.39 is 11.7 Å². The number of hydrogen-bond donors (Lipinski definition) is 3. The Hall–Kier alpha value is -4.13. The van der Waals surface area contributed by atoms with Crippen LogP contribution in [0.25, 0.3) is 11.3 Å². The largest absolute Gasteiger partial charge is 0.490 e. The lowest BCUT2D eigenvalue weighted by Crippen LogP contribution is -2.38. The van der Waals surface area contributed by atoms with Gasteiger partial charge in [-0.25, -0.2) is 14.8 Å². The molecule has 0 unspecified atom stereocenters. The highest BCUT2D eigenvalue weighted by Crippen LogP contribution is 2.33. The Morgan fingerprint density at radius 3 is 2.74 bits per heavy atom. The van der Waals surface area contributed by atoms with Gasteiger partial charge < -0.3 is 20.1 Å². The topological polar surface area (TPSA) is 138 Å². The third kappa shape index (κ3) is 6.01. The van der Waals surface area contributed by atoms with Crippen molar-refractivity contribution in [3.8, 4) is 23.1 Å². The average Bonchev–Trinajstić information content (AvgIpc) is 3.43. The minimum absolute atomic E-state index is 0.0171. The third-order valence-electron chi connectivity index (χ3n) is 5.18. The molecule has 2 aromatic heterocycles. The zero-order valence-corrected chi connectivity index (χ0v) is 19.3. The van der Waals surface area contributed by atoms with Gasteiger partial charge in [0.15, 0.2) is 11.5 Å². The molecule has 176 valence electrons. The van der Waals surface area contributed by atoms with Crippen molar-refractivity contribution >= 4 is 17.7 Å². The number of amides is 1. The first-order chi connectivity index (χ1) is 16.3. The molecule has 0 aliphatic heterocycles. The average molecular weight is 462 g/mol. The first kappa shape index (κ1) is 23.0. The predicted molar refractivity (Wildman–Crippen MR) is 125 cm³/mol. The monoisotopic (exact) mass is 461 g/mol. The second-order valence-corrected chi connectivity index (χ2v) is 9.08. The first-order valence-electron chi connectivity index (χ1n) is 11.1. The van der Waals surface area contributed by atoms with E-state index in [1.807, 2.05) is 57.2 Å². The molecular formula is C24H27N7O3. The maximum atomic E-state index is 12.1. The molecule has 1 fully saturated rings.